The summed E-state index contributed by atoms with van der Waals surface area (Å²) in [5.74, 6) is -0.0697. The molecule has 2 N–H and O–H groups in total. The highest BCUT2D eigenvalue weighted by atomic mass is 35.5. The number of carbonyl (C=O) groups is 1. The molecule has 0 spiro atoms. The fourth-order valence-corrected chi connectivity index (χ4v) is 3.76. The van der Waals surface area contributed by atoms with Crippen molar-refractivity contribution in [3.63, 3.8) is 0 Å². The summed E-state index contributed by atoms with van der Waals surface area (Å²) < 4.78 is 1.15. The Balaban J connectivity index is 1.87. The molecule has 2 aromatic rings. The Morgan fingerprint density at radius 3 is 2.73 bits per heavy atom. The monoisotopic (exact) mass is 414 g/mol. The molecule has 3 rings (SSSR count). The first-order valence-electron chi connectivity index (χ1n) is 8.13. The SMILES string of the molecule is NC(=O)CC1CCCN(c2ccc(-n3ncc(Cl)c(Cl)c3=O)cc2Cl)C1. The van der Waals surface area contributed by atoms with Gasteiger partial charge in [0.1, 0.15) is 5.02 Å². The normalized spacial score (nSPS) is 17.3. The lowest BCUT2D eigenvalue weighted by atomic mass is 9.94. The summed E-state index contributed by atoms with van der Waals surface area (Å²) in [6.07, 6.45) is 3.61. The number of carbonyl (C=O) groups excluding carboxylic acids is 1. The summed E-state index contributed by atoms with van der Waals surface area (Å²) in [6, 6.07) is 5.24. The average Bonchev–Trinajstić information content (AvgIpc) is 2.59. The number of nitrogens with two attached hydrogens (primary N) is 1. The van der Waals surface area contributed by atoms with Crippen LogP contribution in [0, 0.1) is 5.92 Å². The summed E-state index contributed by atoms with van der Waals surface area (Å²) in [7, 11) is 0. The van der Waals surface area contributed by atoms with Gasteiger partial charge in [-0.1, -0.05) is 34.8 Å². The fourth-order valence-electron chi connectivity index (χ4n) is 3.22. The molecule has 1 aliphatic rings. The van der Waals surface area contributed by atoms with Gasteiger partial charge in [0.15, 0.2) is 0 Å². The number of nitrogens with zero attached hydrogens (tertiary/aromatic N) is 3. The summed E-state index contributed by atoms with van der Waals surface area (Å²) in [6.45, 7) is 1.56. The van der Waals surface area contributed by atoms with Crippen LogP contribution < -0.4 is 16.2 Å². The van der Waals surface area contributed by atoms with Crippen LogP contribution >= 0.6 is 34.8 Å². The van der Waals surface area contributed by atoms with E-state index >= 15 is 0 Å². The predicted octanol–water partition coefficient (Wildman–Crippen LogP) is 3.28. The lowest BCUT2D eigenvalue weighted by molar-refractivity contribution is -0.118. The van der Waals surface area contributed by atoms with Gasteiger partial charge in [0.2, 0.25) is 5.91 Å². The minimum Gasteiger partial charge on any atom is -0.370 e. The number of piperidine rings is 1. The highest BCUT2D eigenvalue weighted by molar-refractivity contribution is 6.41. The molecule has 1 atom stereocenters. The third kappa shape index (κ3) is 3.98. The molecule has 1 saturated heterocycles. The van der Waals surface area contributed by atoms with Crippen LogP contribution in [-0.2, 0) is 4.79 Å². The van der Waals surface area contributed by atoms with Crippen LogP contribution in [0.2, 0.25) is 15.1 Å². The van der Waals surface area contributed by atoms with Crippen LogP contribution in [0.4, 0.5) is 5.69 Å². The van der Waals surface area contributed by atoms with Gasteiger partial charge in [-0.3, -0.25) is 9.59 Å². The molecule has 1 aromatic heterocycles. The molecule has 26 heavy (non-hydrogen) atoms. The van der Waals surface area contributed by atoms with Crippen LogP contribution in [-0.4, -0.2) is 28.8 Å². The number of primary amides is 1. The number of aromatic nitrogens is 2. The third-order valence-electron chi connectivity index (χ3n) is 4.40. The van der Waals surface area contributed by atoms with Crippen molar-refractivity contribution in [1.82, 2.24) is 9.78 Å². The Morgan fingerprint density at radius 2 is 2.04 bits per heavy atom. The second kappa shape index (κ2) is 7.86. The molecule has 6 nitrogen and oxygen atoms in total. The minimum absolute atomic E-state index is 0.0906. The smallest absolute Gasteiger partial charge is 0.291 e. The number of benzene rings is 1. The molecule has 1 aliphatic heterocycles. The molecule has 9 heteroatoms. The van der Waals surface area contributed by atoms with Crippen molar-refractivity contribution in [2.75, 3.05) is 18.0 Å². The first-order chi connectivity index (χ1) is 12.4. The van der Waals surface area contributed by atoms with Gasteiger partial charge >= 0.3 is 0 Å². The Morgan fingerprint density at radius 1 is 1.27 bits per heavy atom. The molecule has 1 amide bonds. The summed E-state index contributed by atoms with van der Waals surface area (Å²) in [4.78, 5) is 25.5. The Kier molecular flexibility index (Phi) is 5.75. The number of anilines is 1. The number of hydrogen-bond acceptors (Lipinski definition) is 4. The lowest BCUT2D eigenvalue weighted by Crippen LogP contribution is -2.37. The Labute approximate surface area is 165 Å². The van der Waals surface area contributed by atoms with E-state index in [0.717, 1.165) is 29.8 Å². The second-order valence-electron chi connectivity index (χ2n) is 6.28. The number of hydrogen-bond donors (Lipinski definition) is 1. The van der Waals surface area contributed by atoms with Crippen LogP contribution in [0.15, 0.2) is 29.2 Å². The predicted molar refractivity (Wildman–Crippen MR) is 104 cm³/mol. The zero-order valence-electron chi connectivity index (χ0n) is 13.8. The maximum absolute atomic E-state index is 12.2. The van der Waals surface area contributed by atoms with Crippen molar-refractivity contribution >= 4 is 46.4 Å². The standard InChI is InChI=1S/C17H17Cl3N4O2/c18-12-7-11(24-17(26)16(20)13(19)8-22-24)3-4-14(12)23-5-1-2-10(9-23)6-15(21)25/h3-4,7-8,10H,1-2,5-6,9H2,(H2,21,25). The van der Waals surface area contributed by atoms with E-state index in [1.54, 1.807) is 12.1 Å². The molecule has 0 bridgehead atoms. The molecular weight excluding hydrogens is 399 g/mol. The first-order valence-corrected chi connectivity index (χ1v) is 9.26. The van der Waals surface area contributed by atoms with Gasteiger partial charge in [-0.15, -0.1) is 0 Å². The molecule has 1 fully saturated rings. The van der Waals surface area contributed by atoms with E-state index in [2.05, 4.69) is 10.00 Å². The van der Waals surface area contributed by atoms with E-state index < -0.39 is 5.56 Å². The summed E-state index contributed by atoms with van der Waals surface area (Å²) in [5.41, 5.74) is 6.14. The van der Waals surface area contributed by atoms with Gasteiger partial charge in [0.25, 0.3) is 5.56 Å². The highest BCUT2D eigenvalue weighted by Crippen LogP contribution is 2.32. The quantitative estimate of drug-likeness (QED) is 0.831. The number of rotatable bonds is 4. The molecule has 0 radical (unpaired) electrons. The zero-order chi connectivity index (χ0) is 18.8. The van der Waals surface area contributed by atoms with Crippen molar-refractivity contribution in [1.29, 1.82) is 0 Å². The van der Waals surface area contributed by atoms with Crippen LogP contribution in [0.1, 0.15) is 19.3 Å². The van der Waals surface area contributed by atoms with Gasteiger partial charge in [0.05, 0.1) is 27.6 Å². The topological polar surface area (TPSA) is 81.2 Å². The highest BCUT2D eigenvalue weighted by Gasteiger charge is 2.23. The molecule has 1 unspecified atom stereocenters. The van der Waals surface area contributed by atoms with E-state index in [1.807, 2.05) is 6.07 Å². The van der Waals surface area contributed by atoms with Gasteiger partial charge in [-0.25, -0.2) is 0 Å². The van der Waals surface area contributed by atoms with Crippen molar-refractivity contribution < 1.29 is 4.79 Å². The van der Waals surface area contributed by atoms with Crippen molar-refractivity contribution in [3.05, 3.63) is 49.8 Å². The van der Waals surface area contributed by atoms with Crippen molar-refractivity contribution in [2.45, 2.75) is 19.3 Å². The van der Waals surface area contributed by atoms with Crippen LogP contribution in [0.25, 0.3) is 5.69 Å². The Bertz CT molecular complexity index is 900. The van der Waals surface area contributed by atoms with Gasteiger partial charge in [-0.05, 0) is 37.0 Å². The maximum atomic E-state index is 12.2. The van der Waals surface area contributed by atoms with E-state index in [4.69, 9.17) is 40.5 Å². The maximum Gasteiger partial charge on any atom is 0.291 e. The fraction of sp³-hybridized carbons (Fsp3) is 0.353. The largest absolute Gasteiger partial charge is 0.370 e. The summed E-state index contributed by atoms with van der Waals surface area (Å²) >= 11 is 18.2. The van der Waals surface area contributed by atoms with E-state index in [1.165, 1.54) is 6.20 Å². The number of halogens is 3. The third-order valence-corrected chi connectivity index (χ3v) is 5.45. The Hall–Kier alpha value is -1.76. The molecular formula is C17H17Cl3N4O2. The van der Waals surface area contributed by atoms with E-state index in [0.29, 0.717) is 23.7 Å². The zero-order valence-corrected chi connectivity index (χ0v) is 16.1. The van der Waals surface area contributed by atoms with Gasteiger partial charge < -0.3 is 10.6 Å². The van der Waals surface area contributed by atoms with E-state index in [-0.39, 0.29) is 21.9 Å². The molecule has 0 aliphatic carbocycles. The van der Waals surface area contributed by atoms with Crippen LogP contribution in [0.5, 0.6) is 0 Å². The lowest BCUT2D eigenvalue weighted by Gasteiger charge is -2.34. The minimum atomic E-state index is -0.512. The summed E-state index contributed by atoms with van der Waals surface area (Å²) in [5, 5.41) is 4.50. The average molecular weight is 416 g/mol. The van der Waals surface area contributed by atoms with Gasteiger partial charge in [-0.2, -0.15) is 9.78 Å². The van der Waals surface area contributed by atoms with Crippen LogP contribution in [0.3, 0.4) is 0 Å². The first kappa shape index (κ1) is 19.0. The molecule has 2 heterocycles. The van der Waals surface area contributed by atoms with Crippen molar-refractivity contribution in [3.8, 4) is 5.69 Å². The van der Waals surface area contributed by atoms with Crippen molar-refractivity contribution in [2.24, 2.45) is 11.7 Å². The van der Waals surface area contributed by atoms with Gasteiger partial charge in [0, 0.05) is 19.5 Å². The molecule has 0 saturated carbocycles. The van der Waals surface area contributed by atoms with E-state index in [9.17, 15) is 9.59 Å². The second-order valence-corrected chi connectivity index (χ2v) is 7.48. The number of amides is 1. The molecule has 138 valence electrons. The molecule has 1 aromatic carbocycles.